The lowest BCUT2D eigenvalue weighted by molar-refractivity contribution is -0.123. The summed E-state index contributed by atoms with van der Waals surface area (Å²) in [5.74, 6) is -0.778. The number of nitrogens with one attached hydrogen (secondary N) is 1. The molecule has 8 rings (SSSR count). The number of amides is 2. The molecule has 13 heteroatoms. The monoisotopic (exact) mass is 856 g/mol. The number of hydrogen-bond donors (Lipinski definition) is 1. The molecule has 13 nitrogen and oxygen atoms in total. The van der Waals surface area contributed by atoms with Crippen molar-refractivity contribution in [2.24, 2.45) is 5.41 Å². The highest BCUT2D eigenvalue weighted by Crippen LogP contribution is 2.40. The molecule has 0 unspecified atom stereocenters. The number of nitriles is 1. The second-order valence-electron chi connectivity index (χ2n) is 16.3. The van der Waals surface area contributed by atoms with Crippen LogP contribution in [0.1, 0.15) is 49.3 Å². The predicted molar refractivity (Wildman–Crippen MR) is 241 cm³/mol. The number of carbonyl (C=O) groups excluding carboxylic acids is 2. The molecule has 1 aliphatic rings. The fourth-order valence-electron chi connectivity index (χ4n) is 7.30. The van der Waals surface area contributed by atoms with E-state index in [4.69, 9.17) is 28.7 Å². The van der Waals surface area contributed by atoms with Gasteiger partial charge in [0.25, 0.3) is 0 Å². The third-order valence-corrected chi connectivity index (χ3v) is 10.6. The molecule has 4 atom stereocenters. The van der Waals surface area contributed by atoms with Gasteiger partial charge in [0.1, 0.15) is 24.4 Å². The van der Waals surface area contributed by atoms with E-state index < -0.39 is 36.0 Å². The van der Waals surface area contributed by atoms with Crippen molar-refractivity contribution in [2.75, 3.05) is 16.8 Å². The van der Waals surface area contributed by atoms with Crippen molar-refractivity contribution in [1.82, 2.24) is 14.5 Å². The van der Waals surface area contributed by atoms with E-state index in [-0.39, 0.29) is 54.2 Å². The van der Waals surface area contributed by atoms with Crippen molar-refractivity contribution in [3.05, 3.63) is 180 Å². The smallest absolute Gasteiger partial charge is 0.390 e. The van der Waals surface area contributed by atoms with Gasteiger partial charge in [0, 0.05) is 11.6 Å². The molecule has 0 saturated carbocycles. The highest BCUT2D eigenvalue weighted by molar-refractivity contribution is 6.00. The van der Waals surface area contributed by atoms with Gasteiger partial charge in [0.05, 0.1) is 48.8 Å². The van der Waals surface area contributed by atoms with Crippen molar-refractivity contribution >= 4 is 40.4 Å². The zero-order valence-electron chi connectivity index (χ0n) is 35.7. The van der Waals surface area contributed by atoms with Gasteiger partial charge in [-0.25, -0.2) is 9.69 Å². The number of hydrogen-bond acceptors (Lipinski definition) is 10. The molecule has 0 radical (unpaired) electrons. The summed E-state index contributed by atoms with van der Waals surface area (Å²) in [5, 5.41) is 13.7. The van der Waals surface area contributed by atoms with Crippen LogP contribution in [0.5, 0.6) is 5.88 Å². The third kappa shape index (κ3) is 10.2. The minimum Gasteiger partial charge on any atom is -0.390 e. The van der Waals surface area contributed by atoms with Crippen molar-refractivity contribution < 1.29 is 33.3 Å². The molecule has 0 bridgehead atoms. The van der Waals surface area contributed by atoms with Gasteiger partial charge in [-0.3, -0.25) is 10.1 Å². The average Bonchev–Trinajstić information content (AvgIpc) is 3.86. The molecule has 1 aliphatic heterocycles. The van der Waals surface area contributed by atoms with Crippen molar-refractivity contribution in [3.8, 4) is 11.9 Å². The van der Waals surface area contributed by atoms with Gasteiger partial charge in [-0.15, -0.1) is 0 Å². The zero-order chi connectivity index (χ0) is 44.5. The van der Waals surface area contributed by atoms with E-state index in [2.05, 4.69) is 16.4 Å². The van der Waals surface area contributed by atoms with Crippen LogP contribution in [0.15, 0.2) is 158 Å². The maximum absolute atomic E-state index is 14.5. The first-order valence-electron chi connectivity index (χ1n) is 21.0. The Morgan fingerprint density at radius 1 is 0.719 bits per heavy atom. The minimum absolute atomic E-state index is 0.0911. The molecule has 0 spiro atoms. The SMILES string of the molecule is CC(C)(C)C(=O)Nc1nc(OC(=O)N(c2ccccc2)c2ccccc2)c2c(C#N)cn([C@H]3O[C@H](COCc4ccccc4)[C@@H](OCc4ccccc4)[C@H]3OCc3ccccc3)c2n1. The number of benzene rings is 5. The third-order valence-electron chi connectivity index (χ3n) is 10.6. The van der Waals surface area contributed by atoms with E-state index in [0.29, 0.717) is 18.0 Å². The fourth-order valence-corrected chi connectivity index (χ4v) is 7.30. The standard InChI is InChI=1S/C51H48N6O7/c1-51(2,3)48(58)55-49-53-45-42(46(54-49)64-50(59)57(39-25-15-7-16-26-39)40-27-17-8-18-28-40)38(29-52)30-56(45)47-44(62-33-37-23-13-6-14-24-37)43(61-32-36-21-11-5-12-22-36)41(63-47)34-60-31-35-19-9-4-10-20-35/h4-28,30,41,43-44,47H,31-34H2,1-3H3,(H,53,54,55,58)/t41-,43-,44-,47+/m1/s1. The largest absolute Gasteiger partial charge is 0.425 e. The van der Waals surface area contributed by atoms with E-state index >= 15 is 0 Å². The summed E-state index contributed by atoms with van der Waals surface area (Å²) in [5.41, 5.74) is 3.33. The van der Waals surface area contributed by atoms with Crippen LogP contribution >= 0.6 is 0 Å². The van der Waals surface area contributed by atoms with Crippen LogP contribution in [0.3, 0.4) is 0 Å². The lowest BCUT2D eigenvalue weighted by atomic mass is 9.96. The van der Waals surface area contributed by atoms with Crippen LogP contribution < -0.4 is 15.0 Å². The Balaban J connectivity index is 1.23. The zero-order valence-corrected chi connectivity index (χ0v) is 35.7. The summed E-state index contributed by atoms with van der Waals surface area (Å²) >= 11 is 0. The molecular formula is C51H48N6O7. The molecule has 1 N–H and O–H groups in total. The number of para-hydroxylation sites is 2. The summed E-state index contributed by atoms with van der Waals surface area (Å²) in [4.78, 5) is 38.7. The summed E-state index contributed by atoms with van der Waals surface area (Å²) < 4.78 is 34.6. The number of rotatable bonds is 15. The summed E-state index contributed by atoms with van der Waals surface area (Å²) in [6.07, 6.45) is -2.34. The molecular weight excluding hydrogens is 809 g/mol. The second-order valence-corrected chi connectivity index (χ2v) is 16.3. The molecule has 324 valence electrons. The quantitative estimate of drug-likeness (QED) is 0.106. The van der Waals surface area contributed by atoms with Gasteiger partial charge in [-0.05, 0) is 41.0 Å². The first kappa shape index (κ1) is 43.4. The maximum Gasteiger partial charge on any atom is 0.425 e. The van der Waals surface area contributed by atoms with Gasteiger partial charge < -0.3 is 28.3 Å². The molecule has 1 fully saturated rings. The van der Waals surface area contributed by atoms with Crippen LogP contribution in [0, 0.1) is 16.7 Å². The minimum atomic E-state index is -0.964. The molecule has 2 amide bonds. The average molecular weight is 857 g/mol. The Morgan fingerprint density at radius 3 is 1.73 bits per heavy atom. The highest BCUT2D eigenvalue weighted by atomic mass is 16.6. The van der Waals surface area contributed by atoms with Crippen LogP contribution in [0.2, 0.25) is 0 Å². The Labute approximate surface area is 371 Å². The topological polar surface area (TPSA) is 150 Å². The predicted octanol–water partition coefficient (Wildman–Crippen LogP) is 9.91. The number of ether oxygens (including phenoxy) is 5. The van der Waals surface area contributed by atoms with E-state index in [1.807, 2.05) is 127 Å². The lowest BCUT2D eigenvalue weighted by Gasteiger charge is -2.26. The summed E-state index contributed by atoms with van der Waals surface area (Å²) in [7, 11) is 0. The van der Waals surface area contributed by atoms with Crippen LogP contribution in [0.4, 0.5) is 22.1 Å². The number of aromatic nitrogens is 3. The Kier molecular flexibility index (Phi) is 13.5. The van der Waals surface area contributed by atoms with E-state index in [9.17, 15) is 14.9 Å². The lowest BCUT2D eigenvalue weighted by Crippen LogP contribution is -2.38. The van der Waals surface area contributed by atoms with Crippen molar-refractivity contribution in [1.29, 1.82) is 5.26 Å². The van der Waals surface area contributed by atoms with E-state index in [0.717, 1.165) is 16.7 Å². The first-order valence-corrected chi connectivity index (χ1v) is 21.0. The molecule has 5 aromatic carbocycles. The van der Waals surface area contributed by atoms with E-state index in [1.54, 1.807) is 55.8 Å². The molecule has 1 saturated heterocycles. The van der Waals surface area contributed by atoms with Crippen LogP contribution in [-0.2, 0) is 43.6 Å². The number of carbonyl (C=O) groups is 2. The normalized spacial score (nSPS) is 17.2. The number of anilines is 3. The van der Waals surface area contributed by atoms with Gasteiger partial charge in [-0.1, -0.05) is 148 Å². The molecule has 3 heterocycles. The Bertz CT molecular complexity index is 2650. The molecule has 0 aliphatic carbocycles. The maximum atomic E-state index is 14.5. The second kappa shape index (κ2) is 19.9. The van der Waals surface area contributed by atoms with Gasteiger partial charge in [0.15, 0.2) is 11.9 Å². The van der Waals surface area contributed by atoms with Gasteiger partial charge in [0.2, 0.25) is 17.7 Å². The number of fused-ring (bicyclic) bond motifs is 1. The van der Waals surface area contributed by atoms with Gasteiger partial charge >= 0.3 is 6.09 Å². The summed E-state index contributed by atoms with van der Waals surface area (Å²) in [6.45, 7) is 6.20. The Hall–Kier alpha value is -7.21. The van der Waals surface area contributed by atoms with Gasteiger partial charge in [-0.2, -0.15) is 15.2 Å². The first-order chi connectivity index (χ1) is 31.2. The number of nitrogens with zero attached hydrogens (tertiary/aromatic N) is 5. The van der Waals surface area contributed by atoms with E-state index in [1.165, 1.54) is 4.90 Å². The van der Waals surface area contributed by atoms with Crippen molar-refractivity contribution in [2.45, 2.75) is 65.1 Å². The van der Waals surface area contributed by atoms with Crippen LogP contribution in [-0.4, -0.2) is 51.5 Å². The Morgan fingerprint density at radius 2 is 1.22 bits per heavy atom. The molecule has 2 aromatic heterocycles. The highest BCUT2D eigenvalue weighted by Gasteiger charge is 2.48. The molecule has 7 aromatic rings. The summed E-state index contributed by atoms with van der Waals surface area (Å²) in [6, 6.07) is 49.7. The molecule has 64 heavy (non-hydrogen) atoms. The van der Waals surface area contributed by atoms with Crippen LogP contribution in [0.25, 0.3) is 11.0 Å². The van der Waals surface area contributed by atoms with Crippen molar-refractivity contribution in [3.63, 3.8) is 0 Å². The fraction of sp³-hybridized carbons (Fsp3) is 0.235.